The molecule has 0 saturated carbocycles. The Kier molecular flexibility index (Phi) is 3.52. The second-order valence-electron chi connectivity index (χ2n) is 5.02. The quantitative estimate of drug-likeness (QED) is 0.718. The number of nitrogens with one attached hydrogen (secondary N) is 1. The van der Waals surface area contributed by atoms with Crippen molar-refractivity contribution in [2.24, 2.45) is 0 Å². The molecule has 1 aliphatic rings. The zero-order valence-corrected chi connectivity index (χ0v) is 11.3. The topological polar surface area (TPSA) is 83.6 Å². The summed E-state index contributed by atoms with van der Waals surface area (Å²) in [5, 5.41) is 2.50. The number of piperazine rings is 1. The predicted octanol–water partition coefficient (Wildman–Crippen LogP) is -0.843. The second kappa shape index (κ2) is 4.29. The lowest BCUT2D eigenvalue weighted by Gasteiger charge is -2.35. The molecule has 1 saturated heterocycles. The summed E-state index contributed by atoms with van der Waals surface area (Å²) >= 11 is 0. The van der Waals surface area contributed by atoms with Crippen LogP contribution in [-0.4, -0.2) is 55.3 Å². The van der Waals surface area contributed by atoms with Crippen molar-refractivity contribution in [2.45, 2.75) is 31.6 Å². The molecule has 1 fully saturated rings. The van der Waals surface area contributed by atoms with Gasteiger partial charge in [-0.15, -0.1) is 0 Å². The number of sulfone groups is 1. The third-order valence-electron chi connectivity index (χ3n) is 2.97. The van der Waals surface area contributed by atoms with Crippen molar-refractivity contribution in [2.75, 3.05) is 19.3 Å². The molecule has 6 nitrogen and oxygen atoms in total. The van der Waals surface area contributed by atoms with E-state index in [1.165, 1.54) is 4.90 Å². The highest BCUT2D eigenvalue weighted by atomic mass is 32.2. The molecule has 0 aromatic carbocycles. The van der Waals surface area contributed by atoms with Crippen LogP contribution in [-0.2, 0) is 19.4 Å². The number of hydrogen-bond donors (Lipinski definition) is 1. The van der Waals surface area contributed by atoms with Crippen LogP contribution >= 0.6 is 0 Å². The van der Waals surface area contributed by atoms with Crippen LogP contribution in [0.25, 0.3) is 0 Å². The largest absolute Gasteiger partial charge is 0.343 e. The molecular weight excluding hydrogens is 244 g/mol. The molecule has 7 heteroatoms. The lowest BCUT2D eigenvalue weighted by molar-refractivity contribution is -0.144. The van der Waals surface area contributed by atoms with Crippen LogP contribution < -0.4 is 5.32 Å². The van der Waals surface area contributed by atoms with E-state index in [9.17, 15) is 18.0 Å². The molecule has 0 bridgehead atoms. The number of rotatable bonds is 3. The van der Waals surface area contributed by atoms with Gasteiger partial charge in [0.05, 0.1) is 11.3 Å². The highest BCUT2D eigenvalue weighted by Gasteiger charge is 2.38. The summed E-state index contributed by atoms with van der Waals surface area (Å²) in [6.07, 6.45) is 1.13. The van der Waals surface area contributed by atoms with Crippen molar-refractivity contribution in [3.63, 3.8) is 0 Å². The monoisotopic (exact) mass is 262 g/mol. The van der Waals surface area contributed by atoms with Gasteiger partial charge in [-0.2, -0.15) is 0 Å². The maximum absolute atomic E-state index is 11.8. The van der Waals surface area contributed by atoms with Gasteiger partial charge in [-0.25, -0.2) is 8.42 Å². The van der Waals surface area contributed by atoms with Crippen LogP contribution in [0.2, 0.25) is 0 Å². The van der Waals surface area contributed by atoms with Crippen LogP contribution in [0.3, 0.4) is 0 Å². The molecule has 0 aromatic heterocycles. The van der Waals surface area contributed by atoms with E-state index in [0.717, 1.165) is 6.26 Å². The number of nitrogens with zero attached hydrogens (tertiary/aromatic N) is 1. The van der Waals surface area contributed by atoms with Gasteiger partial charge in [0.25, 0.3) is 0 Å². The molecule has 98 valence electrons. The molecule has 0 radical (unpaired) electrons. The summed E-state index contributed by atoms with van der Waals surface area (Å²) in [6.45, 7) is 4.63. The standard InChI is InChI=1S/C10H18N2O4S/c1-7-9(14)12(5-8(13)11-7)6-10(2,3)17(4,15)16/h7H,5-6H2,1-4H3,(H,11,13). The Balaban J connectivity index is 2.88. The summed E-state index contributed by atoms with van der Waals surface area (Å²) in [4.78, 5) is 24.4. The van der Waals surface area contributed by atoms with Crippen LogP contribution in [0.4, 0.5) is 0 Å². The molecule has 0 aliphatic carbocycles. The first-order valence-electron chi connectivity index (χ1n) is 5.32. The van der Waals surface area contributed by atoms with Crippen LogP contribution in [0.15, 0.2) is 0 Å². The van der Waals surface area contributed by atoms with E-state index in [-0.39, 0.29) is 24.9 Å². The third-order valence-corrected chi connectivity index (χ3v) is 5.11. The van der Waals surface area contributed by atoms with Gasteiger partial charge in [-0.1, -0.05) is 0 Å². The molecule has 0 aromatic rings. The zero-order chi connectivity index (χ0) is 13.4. The van der Waals surface area contributed by atoms with Crippen molar-refractivity contribution in [1.82, 2.24) is 10.2 Å². The number of carbonyl (C=O) groups excluding carboxylic acids is 2. The van der Waals surface area contributed by atoms with E-state index in [4.69, 9.17) is 0 Å². The van der Waals surface area contributed by atoms with Crippen molar-refractivity contribution in [3.8, 4) is 0 Å². The number of hydrogen-bond acceptors (Lipinski definition) is 4. The first-order valence-corrected chi connectivity index (χ1v) is 7.21. The fourth-order valence-electron chi connectivity index (χ4n) is 1.58. The van der Waals surface area contributed by atoms with Crippen LogP contribution in [0.5, 0.6) is 0 Å². The maximum atomic E-state index is 11.8. The smallest absolute Gasteiger partial charge is 0.245 e. The van der Waals surface area contributed by atoms with Crippen LogP contribution in [0, 0.1) is 0 Å². The summed E-state index contributed by atoms with van der Waals surface area (Å²) < 4.78 is 22.1. The molecular formula is C10H18N2O4S. The van der Waals surface area contributed by atoms with Gasteiger partial charge in [-0.3, -0.25) is 9.59 Å². The van der Waals surface area contributed by atoms with Gasteiger partial charge in [-0.05, 0) is 20.8 Å². The Hall–Kier alpha value is -1.11. The normalized spacial score (nSPS) is 22.6. The van der Waals surface area contributed by atoms with E-state index in [2.05, 4.69) is 5.32 Å². The predicted molar refractivity (Wildman–Crippen MR) is 63.1 cm³/mol. The molecule has 1 atom stereocenters. The van der Waals surface area contributed by atoms with Gasteiger partial charge < -0.3 is 10.2 Å². The minimum Gasteiger partial charge on any atom is -0.343 e. The second-order valence-corrected chi connectivity index (χ2v) is 7.66. The fourth-order valence-corrected chi connectivity index (χ4v) is 1.98. The van der Waals surface area contributed by atoms with Crippen molar-refractivity contribution in [3.05, 3.63) is 0 Å². The zero-order valence-electron chi connectivity index (χ0n) is 10.5. The summed E-state index contributed by atoms with van der Waals surface area (Å²) in [6, 6.07) is -0.591. The lowest BCUT2D eigenvalue weighted by Crippen LogP contribution is -2.60. The van der Waals surface area contributed by atoms with E-state index >= 15 is 0 Å². The van der Waals surface area contributed by atoms with Gasteiger partial charge in [0.2, 0.25) is 11.8 Å². The average Bonchev–Trinajstić information content (AvgIpc) is 2.11. The highest BCUT2D eigenvalue weighted by Crippen LogP contribution is 2.18. The first-order chi connectivity index (χ1) is 7.54. The third kappa shape index (κ3) is 2.96. The van der Waals surface area contributed by atoms with Gasteiger partial charge >= 0.3 is 0 Å². The molecule has 2 amide bonds. The van der Waals surface area contributed by atoms with Crippen molar-refractivity contribution in [1.29, 1.82) is 0 Å². The highest BCUT2D eigenvalue weighted by molar-refractivity contribution is 7.92. The Bertz CT molecular complexity index is 441. The Morgan fingerprint density at radius 1 is 1.41 bits per heavy atom. The van der Waals surface area contributed by atoms with E-state index < -0.39 is 20.6 Å². The number of carbonyl (C=O) groups is 2. The molecule has 1 N–H and O–H groups in total. The van der Waals surface area contributed by atoms with Crippen molar-refractivity contribution >= 4 is 21.7 Å². The van der Waals surface area contributed by atoms with Gasteiger partial charge in [0.15, 0.2) is 9.84 Å². The lowest BCUT2D eigenvalue weighted by atomic mass is 10.1. The summed E-state index contributed by atoms with van der Waals surface area (Å²) in [5.41, 5.74) is 0. The Morgan fingerprint density at radius 2 is 1.94 bits per heavy atom. The molecule has 1 rings (SSSR count). The minimum absolute atomic E-state index is 0.0302. The minimum atomic E-state index is -3.29. The number of amides is 2. The molecule has 1 unspecified atom stereocenters. The molecule has 1 aliphatic heterocycles. The molecule has 17 heavy (non-hydrogen) atoms. The van der Waals surface area contributed by atoms with E-state index in [1.54, 1.807) is 20.8 Å². The SMILES string of the molecule is CC1NC(=O)CN(CC(C)(C)S(C)(=O)=O)C1=O. The maximum Gasteiger partial charge on any atom is 0.245 e. The molecule has 1 heterocycles. The van der Waals surface area contributed by atoms with Gasteiger partial charge in [0, 0.05) is 12.8 Å². The summed E-state index contributed by atoms with van der Waals surface area (Å²) in [5.74, 6) is -0.511. The van der Waals surface area contributed by atoms with E-state index in [1.807, 2.05) is 0 Å². The van der Waals surface area contributed by atoms with E-state index in [0.29, 0.717) is 0 Å². The fraction of sp³-hybridized carbons (Fsp3) is 0.800. The Labute approximate surface area is 101 Å². The van der Waals surface area contributed by atoms with Crippen LogP contribution in [0.1, 0.15) is 20.8 Å². The van der Waals surface area contributed by atoms with Gasteiger partial charge in [0.1, 0.15) is 6.04 Å². The molecule has 0 spiro atoms. The first kappa shape index (κ1) is 14.0. The van der Waals surface area contributed by atoms with Crippen molar-refractivity contribution < 1.29 is 18.0 Å². The Morgan fingerprint density at radius 3 is 2.41 bits per heavy atom. The average molecular weight is 262 g/mol. The summed E-state index contributed by atoms with van der Waals surface area (Å²) in [7, 11) is -3.29.